The molecule has 0 spiro atoms. The Bertz CT molecular complexity index is 591. The Labute approximate surface area is 125 Å². The standard InChI is InChI=1S/C16H22N4O/c1-12(2)13-3-5-14(6-4-13)15(21)9-19-7-8-20-11-17-18-16(20)10-19/h3-6,11-12,15,21H,7-10H2,1-2H3. The van der Waals surface area contributed by atoms with Crippen molar-refractivity contribution in [3.05, 3.63) is 47.5 Å². The van der Waals surface area contributed by atoms with Crippen LogP contribution in [0.1, 0.15) is 42.8 Å². The molecule has 1 aliphatic heterocycles. The molecule has 5 heteroatoms. The number of hydrogen-bond donors (Lipinski definition) is 1. The zero-order valence-electron chi connectivity index (χ0n) is 12.6. The molecule has 0 saturated carbocycles. The maximum Gasteiger partial charge on any atom is 0.147 e. The molecule has 1 aliphatic rings. The van der Waals surface area contributed by atoms with E-state index < -0.39 is 6.10 Å². The number of aliphatic hydroxyl groups is 1. The third-order valence-electron chi connectivity index (χ3n) is 4.14. The van der Waals surface area contributed by atoms with Crippen LogP contribution in [0.5, 0.6) is 0 Å². The summed E-state index contributed by atoms with van der Waals surface area (Å²) in [4.78, 5) is 2.23. The van der Waals surface area contributed by atoms with Crippen LogP contribution in [-0.4, -0.2) is 37.9 Å². The molecule has 112 valence electrons. The van der Waals surface area contributed by atoms with Crippen LogP contribution in [0.25, 0.3) is 0 Å². The topological polar surface area (TPSA) is 54.2 Å². The van der Waals surface area contributed by atoms with Crippen molar-refractivity contribution in [2.45, 2.75) is 39.0 Å². The summed E-state index contributed by atoms with van der Waals surface area (Å²) in [6, 6.07) is 8.28. The number of aliphatic hydroxyl groups excluding tert-OH is 1. The van der Waals surface area contributed by atoms with Crippen LogP contribution in [0.15, 0.2) is 30.6 Å². The van der Waals surface area contributed by atoms with E-state index in [1.165, 1.54) is 5.56 Å². The molecule has 2 heterocycles. The van der Waals surface area contributed by atoms with Gasteiger partial charge in [0, 0.05) is 19.6 Å². The number of hydrogen-bond acceptors (Lipinski definition) is 4. The lowest BCUT2D eigenvalue weighted by atomic mass is 10.00. The van der Waals surface area contributed by atoms with Crippen molar-refractivity contribution < 1.29 is 5.11 Å². The molecule has 1 aromatic carbocycles. The van der Waals surface area contributed by atoms with Crippen LogP contribution in [0.2, 0.25) is 0 Å². The Hall–Kier alpha value is -1.72. The van der Waals surface area contributed by atoms with Crippen LogP contribution in [0, 0.1) is 0 Å². The monoisotopic (exact) mass is 286 g/mol. The average Bonchev–Trinajstić information content (AvgIpc) is 2.95. The number of nitrogens with zero attached hydrogens (tertiary/aromatic N) is 4. The summed E-state index contributed by atoms with van der Waals surface area (Å²) >= 11 is 0. The molecule has 2 aromatic rings. The van der Waals surface area contributed by atoms with E-state index in [1.807, 2.05) is 12.1 Å². The van der Waals surface area contributed by atoms with E-state index in [2.05, 4.69) is 45.6 Å². The summed E-state index contributed by atoms with van der Waals surface area (Å²) < 4.78 is 2.07. The van der Waals surface area contributed by atoms with E-state index in [-0.39, 0.29) is 0 Å². The van der Waals surface area contributed by atoms with Crippen LogP contribution >= 0.6 is 0 Å². The second-order valence-corrected chi connectivity index (χ2v) is 6.01. The molecule has 0 saturated heterocycles. The predicted molar refractivity (Wildman–Crippen MR) is 80.8 cm³/mol. The van der Waals surface area contributed by atoms with Crippen molar-refractivity contribution >= 4 is 0 Å². The summed E-state index contributed by atoms with van der Waals surface area (Å²) in [5.74, 6) is 1.49. The molecule has 5 nitrogen and oxygen atoms in total. The van der Waals surface area contributed by atoms with Gasteiger partial charge in [-0.25, -0.2) is 0 Å². The van der Waals surface area contributed by atoms with Gasteiger partial charge in [-0.2, -0.15) is 0 Å². The highest BCUT2D eigenvalue weighted by Gasteiger charge is 2.20. The van der Waals surface area contributed by atoms with Crippen molar-refractivity contribution in [1.82, 2.24) is 19.7 Å². The Morgan fingerprint density at radius 3 is 2.57 bits per heavy atom. The zero-order chi connectivity index (χ0) is 14.8. The van der Waals surface area contributed by atoms with Crippen LogP contribution < -0.4 is 0 Å². The molecular weight excluding hydrogens is 264 g/mol. The van der Waals surface area contributed by atoms with Gasteiger partial charge in [0.05, 0.1) is 12.6 Å². The van der Waals surface area contributed by atoms with E-state index in [4.69, 9.17) is 0 Å². The minimum absolute atomic E-state index is 0.458. The van der Waals surface area contributed by atoms with Crippen molar-refractivity contribution in [1.29, 1.82) is 0 Å². The highest BCUT2D eigenvalue weighted by Crippen LogP contribution is 2.20. The summed E-state index contributed by atoms with van der Waals surface area (Å²) in [5, 5.41) is 18.4. The van der Waals surface area contributed by atoms with Crippen molar-refractivity contribution in [2.24, 2.45) is 0 Å². The summed E-state index contributed by atoms with van der Waals surface area (Å²) in [6.07, 6.45) is 1.31. The Kier molecular flexibility index (Phi) is 4.03. The molecule has 0 aliphatic carbocycles. The first-order chi connectivity index (χ1) is 10.1. The summed E-state index contributed by atoms with van der Waals surface area (Å²) in [5.41, 5.74) is 2.28. The summed E-state index contributed by atoms with van der Waals surface area (Å²) in [7, 11) is 0. The normalized spacial score (nSPS) is 17.0. The quantitative estimate of drug-likeness (QED) is 0.933. The predicted octanol–water partition coefficient (Wildman–Crippen LogP) is 1.95. The number of β-amino-alcohol motifs (C(OH)–C–C–N with tert-alkyl or cyclic N) is 1. The number of rotatable bonds is 4. The van der Waals surface area contributed by atoms with E-state index in [0.717, 1.165) is 31.0 Å². The van der Waals surface area contributed by atoms with Gasteiger partial charge in [-0.1, -0.05) is 38.1 Å². The smallest absolute Gasteiger partial charge is 0.147 e. The maximum atomic E-state index is 10.4. The Morgan fingerprint density at radius 1 is 1.14 bits per heavy atom. The first-order valence-corrected chi connectivity index (χ1v) is 7.50. The third-order valence-corrected chi connectivity index (χ3v) is 4.14. The maximum absolute atomic E-state index is 10.4. The molecule has 0 bridgehead atoms. The number of benzene rings is 1. The minimum atomic E-state index is -0.458. The molecular formula is C16H22N4O. The number of aromatic nitrogens is 3. The lowest BCUT2D eigenvalue weighted by Gasteiger charge is -2.28. The lowest BCUT2D eigenvalue weighted by Crippen LogP contribution is -2.36. The highest BCUT2D eigenvalue weighted by molar-refractivity contribution is 5.26. The van der Waals surface area contributed by atoms with Gasteiger partial charge < -0.3 is 9.67 Å². The largest absolute Gasteiger partial charge is 0.387 e. The molecule has 0 amide bonds. The fourth-order valence-corrected chi connectivity index (χ4v) is 2.73. The van der Waals surface area contributed by atoms with E-state index in [0.29, 0.717) is 12.5 Å². The van der Waals surface area contributed by atoms with Gasteiger partial charge in [-0.05, 0) is 17.0 Å². The van der Waals surface area contributed by atoms with Crippen LogP contribution in [0.4, 0.5) is 0 Å². The average molecular weight is 286 g/mol. The minimum Gasteiger partial charge on any atom is -0.387 e. The molecule has 1 N–H and O–H groups in total. The van der Waals surface area contributed by atoms with Gasteiger partial charge in [0.25, 0.3) is 0 Å². The highest BCUT2D eigenvalue weighted by atomic mass is 16.3. The third kappa shape index (κ3) is 3.14. The van der Waals surface area contributed by atoms with Crippen LogP contribution in [0.3, 0.4) is 0 Å². The van der Waals surface area contributed by atoms with Crippen LogP contribution in [-0.2, 0) is 13.1 Å². The molecule has 0 radical (unpaired) electrons. The van der Waals surface area contributed by atoms with Gasteiger partial charge in [0.1, 0.15) is 12.2 Å². The van der Waals surface area contributed by atoms with Gasteiger partial charge >= 0.3 is 0 Å². The lowest BCUT2D eigenvalue weighted by molar-refractivity contribution is 0.0962. The van der Waals surface area contributed by atoms with E-state index in [1.54, 1.807) is 6.33 Å². The number of fused-ring (bicyclic) bond motifs is 1. The molecule has 1 unspecified atom stereocenters. The van der Waals surface area contributed by atoms with E-state index >= 15 is 0 Å². The van der Waals surface area contributed by atoms with Crippen molar-refractivity contribution in [3.8, 4) is 0 Å². The molecule has 1 aromatic heterocycles. The van der Waals surface area contributed by atoms with Gasteiger partial charge in [0.15, 0.2) is 0 Å². The van der Waals surface area contributed by atoms with Gasteiger partial charge in [0.2, 0.25) is 0 Å². The fourth-order valence-electron chi connectivity index (χ4n) is 2.73. The van der Waals surface area contributed by atoms with Crippen molar-refractivity contribution in [3.63, 3.8) is 0 Å². The molecule has 1 atom stereocenters. The summed E-state index contributed by atoms with van der Waals surface area (Å²) in [6.45, 7) is 7.55. The zero-order valence-corrected chi connectivity index (χ0v) is 12.6. The first-order valence-electron chi connectivity index (χ1n) is 7.50. The SMILES string of the molecule is CC(C)c1ccc(C(O)CN2CCn3cnnc3C2)cc1. The van der Waals surface area contributed by atoms with E-state index in [9.17, 15) is 5.11 Å². The molecule has 3 rings (SSSR count). The Balaban J connectivity index is 1.62. The fraction of sp³-hybridized carbons (Fsp3) is 0.500. The molecule has 21 heavy (non-hydrogen) atoms. The second-order valence-electron chi connectivity index (χ2n) is 6.01. The first kappa shape index (κ1) is 14.2. The van der Waals surface area contributed by atoms with Crippen molar-refractivity contribution in [2.75, 3.05) is 13.1 Å². The van der Waals surface area contributed by atoms with Gasteiger partial charge in [-0.15, -0.1) is 10.2 Å². The molecule has 0 fully saturated rings. The Morgan fingerprint density at radius 2 is 1.86 bits per heavy atom. The second kappa shape index (κ2) is 5.95. The van der Waals surface area contributed by atoms with Gasteiger partial charge in [-0.3, -0.25) is 4.90 Å².